The third-order valence-electron chi connectivity index (χ3n) is 10.4. The lowest BCUT2D eigenvalue weighted by Gasteiger charge is -2.25. The van der Waals surface area contributed by atoms with Crippen LogP contribution >= 0.6 is 0 Å². The summed E-state index contributed by atoms with van der Waals surface area (Å²) in [6.07, 6.45) is 5.67. The molecular formula is C41H36B. The SMILES string of the molecule is CC1(C)c2ccccc2-c2c1ccc1c2-c2ccc3c(c2C1(C)C)[B]c1ccccc1-3.CC1CC=Cc2ccccc21. The van der Waals surface area contributed by atoms with Crippen LogP contribution in [0.15, 0.2) is 103 Å². The lowest BCUT2D eigenvalue weighted by Crippen LogP contribution is -2.30. The number of hydrogen-bond acceptors (Lipinski definition) is 0. The third kappa shape index (κ3) is 3.43. The van der Waals surface area contributed by atoms with Crippen molar-refractivity contribution in [1.29, 1.82) is 0 Å². The van der Waals surface area contributed by atoms with Gasteiger partial charge in [0.1, 0.15) is 0 Å². The molecule has 1 radical (unpaired) electrons. The molecule has 203 valence electrons. The molecule has 1 unspecified atom stereocenters. The van der Waals surface area contributed by atoms with Gasteiger partial charge in [-0.3, -0.25) is 0 Å². The van der Waals surface area contributed by atoms with Gasteiger partial charge in [-0.05, 0) is 79.1 Å². The normalized spacial score (nSPS) is 18.3. The molecule has 9 rings (SSSR count). The van der Waals surface area contributed by atoms with Crippen LogP contribution in [0.3, 0.4) is 0 Å². The number of allylic oxidation sites excluding steroid dienone is 1. The van der Waals surface area contributed by atoms with E-state index < -0.39 is 0 Å². The van der Waals surface area contributed by atoms with E-state index in [0.29, 0.717) is 5.92 Å². The zero-order valence-electron chi connectivity index (χ0n) is 25.3. The van der Waals surface area contributed by atoms with Crippen molar-refractivity contribution in [2.45, 2.75) is 57.8 Å². The molecule has 0 bridgehead atoms. The van der Waals surface area contributed by atoms with Crippen molar-refractivity contribution in [3.8, 4) is 33.4 Å². The van der Waals surface area contributed by atoms with Crippen molar-refractivity contribution in [1.82, 2.24) is 0 Å². The fraction of sp³-hybridized carbons (Fsp3) is 0.220. The van der Waals surface area contributed by atoms with Crippen molar-refractivity contribution < 1.29 is 0 Å². The molecule has 5 aromatic rings. The van der Waals surface area contributed by atoms with Crippen LogP contribution < -0.4 is 10.9 Å². The highest BCUT2D eigenvalue weighted by Gasteiger charge is 2.45. The van der Waals surface area contributed by atoms with Gasteiger partial charge in [-0.15, -0.1) is 0 Å². The van der Waals surface area contributed by atoms with Gasteiger partial charge in [-0.25, -0.2) is 0 Å². The summed E-state index contributed by atoms with van der Waals surface area (Å²) < 4.78 is 0. The van der Waals surface area contributed by atoms with Gasteiger partial charge in [0.2, 0.25) is 0 Å². The second kappa shape index (κ2) is 8.95. The highest BCUT2D eigenvalue weighted by atomic mass is 14.5. The molecule has 1 heterocycles. The first-order chi connectivity index (χ1) is 20.3. The van der Waals surface area contributed by atoms with Crippen molar-refractivity contribution in [2.24, 2.45) is 0 Å². The largest absolute Gasteiger partial charge is 0.193 e. The van der Waals surface area contributed by atoms with Crippen molar-refractivity contribution in [3.63, 3.8) is 0 Å². The Balaban J connectivity index is 0.000000204. The number of hydrogen-bond donors (Lipinski definition) is 0. The first kappa shape index (κ1) is 25.6. The molecule has 0 nitrogen and oxygen atoms in total. The molecule has 0 spiro atoms. The van der Waals surface area contributed by atoms with E-state index in [1.54, 1.807) is 0 Å². The molecule has 42 heavy (non-hydrogen) atoms. The average molecular weight is 540 g/mol. The molecule has 0 fully saturated rings. The molecule has 1 aliphatic heterocycles. The number of rotatable bonds is 0. The fourth-order valence-corrected chi connectivity index (χ4v) is 8.28. The third-order valence-corrected chi connectivity index (χ3v) is 10.4. The first-order valence-corrected chi connectivity index (χ1v) is 15.4. The van der Waals surface area contributed by atoms with Crippen LogP contribution in [0.5, 0.6) is 0 Å². The topological polar surface area (TPSA) is 0 Å². The Kier molecular flexibility index (Phi) is 5.46. The maximum Gasteiger partial charge on any atom is 0.193 e. The van der Waals surface area contributed by atoms with Crippen LogP contribution in [-0.2, 0) is 10.8 Å². The Bertz CT molecular complexity index is 1950. The number of fused-ring (bicyclic) bond motifs is 12. The molecular weight excluding hydrogens is 503 g/mol. The molecule has 1 atom stereocenters. The van der Waals surface area contributed by atoms with E-state index in [4.69, 9.17) is 0 Å². The van der Waals surface area contributed by atoms with E-state index >= 15 is 0 Å². The summed E-state index contributed by atoms with van der Waals surface area (Å²) in [5, 5.41) is 0. The van der Waals surface area contributed by atoms with Crippen LogP contribution in [-0.4, -0.2) is 7.28 Å². The Morgan fingerprint density at radius 2 is 1.24 bits per heavy atom. The standard InChI is InChI=1S/C30H24B.C11H12/c1-29(2)21-11-7-5-10-19(21)25-22(29)15-16-23-26(25)20-14-13-18-17-9-6-8-12-24(17)31-28(18)27(20)30(23,3)4;1-9-5-4-7-10-6-2-3-8-11(9)10/h5-16H,1-4H3;2-4,6-9H,5H2,1H3. The van der Waals surface area contributed by atoms with Crippen molar-refractivity contribution >= 4 is 24.3 Å². The monoisotopic (exact) mass is 539 g/mol. The van der Waals surface area contributed by atoms with E-state index in [2.05, 4.69) is 151 Å². The first-order valence-electron chi connectivity index (χ1n) is 15.4. The molecule has 4 aliphatic rings. The van der Waals surface area contributed by atoms with Crippen LogP contribution in [0, 0.1) is 0 Å². The maximum absolute atomic E-state index is 2.41. The molecule has 0 aromatic heterocycles. The average Bonchev–Trinajstić information content (AvgIpc) is 3.57. The summed E-state index contributed by atoms with van der Waals surface area (Å²) in [7, 11) is 2.41. The molecule has 3 aliphatic carbocycles. The van der Waals surface area contributed by atoms with Gasteiger partial charge in [0, 0.05) is 10.8 Å². The lowest BCUT2D eigenvalue weighted by atomic mass is 9.62. The fourth-order valence-electron chi connectivity index (χ4n) is 8.28. The Morgan fingerprint density at radius 1 is 0.595 bits per heavy atom. The van der Waals surface area contributed by atoms with E-state index in [9.17, 15) is 0 Å². The summed E-state index contributed by atoms with van der Waals surface area (Å²) in [6, 6.07) is 36.0. The van der Waals surface area contributed by atoms with Gasteiger partial charge in [0.15, 0.2) is 7.28 Å². The van der Waals surface area contributed by atoms with Crippen LogP contribution in [0.25, 0.3) is 39.5 Å². The van der Waals surface area contributed by atoms with Gasteiger partial charge in [-0.2, -0.15) is 0 Å². The molecule has 0 saturated carbocycles. The summed E-state index contributed by atoms with van der Waals surface area (Å²) in [5.74, 6) is 0.705. The van der Waals surface area contributed by atoms with E-state index in [0.717, 1.165) is 0 Å². The van der Waals surface area contributed by atoms with Crippen LogP contribution in [0.2, 0.25) is 0 Å². The smallest absolute Gasteiger partial charge is 0.0833 e. The van der Waals surface area contributed by atoms with E-state index in [1.807, 2.05) is 0 Å². The van der Waals surface area contributed by atoms with Crippen LogP contribution in [0.1, 0.15) is 80.3 Å². The Labute approximate surface area is 251 Å². The summed E-state index contributed by atoms with van der Waals surface area (Å²) in [4.78, 5) is 0. The minimum absolute atomic E-state index is 0.0226. The number of benzene rings is 5. The Hall–Kier alpha value is -4.10. The Morgan fingerprint density at radius 3 is 2.05 bits per heavy atom. The van der Waals surface area contributed by atoms with Gasteiger partial charge < -0.3 is 0 Å². The van der Waals surface area contributed by atoms with Gasteiger partial charge in [0.25, 0.3) is 0 Å². The van der Waals surface area contributed by atoms with Crippen molar-refractivity contribution in [3.05, 3.63) is 137 Å². The van der Waals surface area contributed by atoms with Crippen LogP contribution in [0.4, 0.5) is 0 Å². The zero-order chi connectivity index (χ0) is 28.8. The van der Waals surface area contributed by atoms with Gasteiger partial charge >= 0.3 is 0 Å². The molecule has 5 aromatic carbocycles. The zero-order valence-corrected chi connectivity index (χ0v) is 25.3. The highest BCUT2D eigenvalue weighted by molar-refractivity contribution is 6.74. The van der Waals surface area contributed by atoms with Crippen molar-refractivity contribution in [2.75, 3.05) is 0 Å². The second-order valence-electron chi connectivity index (χ2n) is 13.6. The van der Waals surface area contributed by atoms with Gasteiger partial charge in [-0.1, -0.05) is 155 Å². The molecule has 1 heteroatoms. The minimum atomic E-state index is -0.0226. The highest BCUT2D eigenvalue weighted by Crippen LogP contribution is 2.58. The quantitative estimate of drug-likeness (QED) is 0.169. The summed E-state index contributed by atoms with van der Waals surface area (Å²) >= 11 is 0. The predicted octanol–water partition coefficient (Wildman–Crippen LogP) is 9.14. The molecule has 0 saturated heterocycles. The summed E-state index contributed by atoms with van der Waals surface area (Å²) in [6.45, 7) is 11.8. The maximum atomic E-state index is 2.41. The molecule has 0 amide bonds. The van der Waals surface area contributed by atoms with E-state index in [-0.39, 0.29) is 10.8 Å². The second-order valence-corrected chi connectivity index (χ2v) is 13.6. The van der Waals surface area contributed by atoms with Gasteiger partial charge in [0.05, 0.1) is 0 Å². The van der Waals surface area contributed by atoms with E-state index in [1.165, 1.54) is 84.1 Å². The minimum Gasteiger partial charge on any atom is -0.0833 e. The lowest BCUT2D eigenvalue weighted by molar-refractivity contribution is 0.652. The summed E-state index contributed by atoms with van der Waals surface area (Å²) in [5.41, 5.74) is 20.0. The molecule has 0 N–H and O–H groups in total. The predicted molar refractivity (Wildman–Crippen MR) is 181 cm³/mol.